The second-order valence-electron chi connectivity index (χ2n) is 3.17. The molecule has 0 aliphatic carbocycles. The van der Waals surface area contributed by atoms with Crippen LogP contribution in [0.1, 0.15) is 10.1 Å². The molecule has 0 spiro atoms. The molecule has 0 saturated heterocycles. The van der Waals surface area contributed by atoms with Gasteiger partial charge in [0.25, 0.3) is 0 Å². The summed E-state index contributed by atoms with van der Waals surface area (Å²) in [5, 5.41) is 3.38. The van der Waals surface area contributed by atoms with E-state index in [1.54, 1.807) is 23.1 Å². The molecule has 1 atom stereocenters. The van der Waals surface area contributed by atoms with Crippen LogP contribution in [0, 0.1) is 0 Å². The average molecular weight is 315 g/mol. The smallest absolute Gasteiger partial charge is 0.0967 e. The molecule has 0 fully saturated rings. The molecule has 0 aliphatic heterocycles. The molecule has 16 heavy (non-hydrogen) atoms. The minimum absolute atomic E-state index is 0.300. The number of thioether (sulfide) groups is 1. The van der Waals surface area contributed by atoms with Crippen LogP contribution in [-0.2, 0) is 0 Å². The first-order valence-electron chi connectivity index (χ1n) is 4.81. The van der Waals surface area contributed by atoms with Gasteiger partial charge in [-0.3, -0.25) is 0 Å². The molecular formula is C11H11BrN2S2. The number of nitrogens with zero attached hydrogens (tertiary/aromatic N) is 1. The summed E-state index contributed by atoms with van der Waals surface area (Å²) in [4.78, 5) is 5.64. The fourth-order valence-electron chi connectivity index (χ4n) is 1.27. The molecule has 84 valence electrons. The van der Waals surface area contributed by atoms with Gasteiger partial charge >= 0.3 is 0 Å². The molecule has 0 saturated carbocycles. The van der Waals surface area contributed by atoms with Crippen LogP contribution < -0.4 is 5.73 Å². The van der Waals surface area contributed by atoms with E-state index in [1.165, 1.54) is 4.88 Å². The largest absolute Gasteiger partial charge is 0.329 e. The van der Waals surface area contributed by atoms with Crippen molar-refractivity contribution >= 4 is 39.0 Å². The molecule has 2 nitrogen and oxygen atoms in total. The Balaban J connectivity index is 2.10. The molecule has 0 aliphatic rings. The van der Waals surface area contributed by atoms with Crippen molar-refractivity contribution in [2.45, 2.75) is 10.3 Å². The van der Waals surface area contributed by atoms with Crippen molar-refractivity contribution in [3.8, 4) is 0 Å². The fourth-order valence-corrected chi connectivity index (χ4v) is 3.38. The van der Waals surface area contributed by atoms with Gasteiger partial charge in [0.05, 0.1) is 10.3 Å². The Morgan fingerprint density at radius 1 is 1.44 bits per heavy atom. The molecule has 0 radical (unpaired) electrons. The Labute approximate surface area is 111 Å². The van der Waals surface area contributed by atoms with E-state index in [9.17, 15) is 0 Å². The zero-order valence-electron chi connectivity index (χ0n) is 8.47. The Bertz CT molecular complexity index is 428. The van der Waals surface area contributed by atoms with Crippen LogP contribution in [0.5, 0.6) is 0 Å². The second-order valence-corrected chi connectivity index (χ2v) is 6.29. The zero-order chi connectivity index (χ0) is 11.4. The highest BCUT2D eigenvalue weighted by Gasteiger charge is 2.12. The van der Waals surface area contributed by atoms with Gasteiger partial charge < -0.3 is 5.73 Å². The monoisotopic (exact) mass is 314 g/mol. The third-order valence-electron chi connectivity index (χ3n) is 2.04. The second kappa shape index (κ2) is 5.82. The summed E-state index contributed by atoms with van der Waals surface area (Å²) < 4.78 is 0.997. The van der Waals surface area contributed by atoms with Gasteiger partial charge in [-0.05, 0) is 39.5 Å². The van der Waals surface area contributed by atoms with E-state index < -0.39 is 0 Å². The Morgan fingerprint density at radius 3 is 2.88 bits per heavy atom. The van der Waals surface area contributed by atoms with Crippen molar-refractivity contribution in [3.05, 3.63) is 45.2 Å². The van der Waals surface area contributed by atoms with Gasteiger partial charge in [-0.2, -0.15) is 0 Å². The summed E-state index contributed by atoms with van der Waals surface area (Å²) >= 11 is 6.82. The quantitative estimate of drug-likeness (QED) is 0.875. The molecular weight excluding hydrogens is 304 g/mol. The van der Waals surface area contributed by atoms with Crippen molar-refractivity contribution in [2.24, 2.45) is 5.73 Å². The van der Waals surface area contributed by atoms with Crippen LogP contribution in [0.15, 0.2) is 45.3 Å². The predicted molar refractivity (Wildman–Crippen MR) is 73.9 cm³/mol. The van der Waals surface area contributed by atoms with Crippen LogP contribution in [0.2, 0.25) is 0 Å². The first-order valence-corrected chi connectivity index (χ1v) is 7.36. The van der Waals surface area contributed by atoms with Gasteiger partial charge in [0.1, 0.15) is 0 Å². The summed E-state index contributed by atoms with van der Waals surface area (Å²) in [6, 6.07) is 8.18. The lowest BCUT2D eigenvalue weighted by atomic mass is 10.3. The lowest BCUT2D eigenvalue weighted by Gasteiger charge is -2.11. The molecule has 0 aromatic carbocycles. The van der Waals surface area contributed by atoms with Gasteiger partial charge in [0.15, 0.2) is 0 Å². The number of nitrogens with two attached hydrogens (primary N) is 1. The minimum atomic E-state index is 0.300. The zero-order valence-corrected chi connectivity index (χ0v) is 11.7. The summed E-state index contributed by atoms with van der Waals surface area (Å²) in [7, 11) is 0. The number of halogens is 1. The number of rotatable bonds is 4. The average Bonchev–Trinajstić information content (AvgIpc) is 2.82. The number of hydrogen-bond donors (Lipinski definition) is 1. The van der Waals surface area contributed by atoms with Crippen molar-refractivity contribution in [2.75, 3.05) is 6.54 Å². The summed E-state index contributed by atoms with van der Waals surface area (Å²) in [5.74, 6) is 0. The number of thiophene rings is 1. The lowest BCUT2D eigenvalue weighted by molar-refractivity contribution is 0.952. The van der Waals surface area contributed by atoms with Gasteiger partial charge in [-0.1, -0.05) is 17.8 Å². The molecule has 2 heterocycles. The maximum atomic E-state index is 5.79. The molecule has 5 heteroatoms. The third-order valence-corrected chi connectivity index (χ3v) is 4.86. The number of hydrogen-bond acceptors (Lipinski definition) is 4. The van der Waals surface area contributed by atoms with Crippen molar-refractivity contribution in [1.29, 1.82) is 0 Å². The van der Waals surface area contributed by atoms with E-state index in [-0.39, 0.29) is 0 Å². The van der Waals surface area contributed by atoms with Gasteiger partial charge in [-0.25, -0.2) is 4.98 Å². The van der Waals surface area contributed by atoms with Crippen LogP contribution >= 0.6 is 39.0 Å². The first kappa shape index (κ1) is 12.1. The van der Waals surface area contributed by atoms with Crippen LogP contribution in [0.4, 0.5) is 0 Å². The SMILES string of the molecule is NCC(Sc1ccc(Br)cn1)c1cccs1. The Kier molecular flexibility index (Phi) is 4.40. The fraction of sp³-hybridized carbons (Fsp3) is 0.182. The van der Waals surface area contributed by atoms with Gasteiger partial charge in [-0.15, -0.1) is 11.3 Å². The highest BCUT2D eigenvalue weighted by molar-refractivity contribution is 9.10. The van der Waals surface area contributed by atoms with Crippen LogP contribution in [0.25, 0.3) is 0 Å². The topological polar surface area (TPSA) is 38.9 Å². The van der Waals surface area contributed by atoms with Crippen LogP contribution in [-0.4, -0.2) is 11.5 Å². The van der Waals surface area contributed by atoms with Crippen molar-refractivity contribution in [1.82, 2.24) is 4.98 Å². The molecule has 2 rings (SSSR count). The van der Waals surface area contributed by atoms with Crippen molar-refractivity contribution in [3.63, 3.8) is 0 Å². The van der Waals surface area contributed by atoms with E-state index in [1.807, 2.05) is 18.3 Å². The number of aromatic nitrogens is 1. The summed E-state index contributed by atoms with van der Waals surface area (Å²) in [6.07, 6.45) is 1.81. The minimum Gasteiger partial charge on any atom is -0.329 e. The van der Waals surface area contributed by atoms with Crippen LogP contribution in [0.3, 0.4) is 0 Å². The van der Waals surface area contributed by atoms with E-state index in [0.717, 1.165) is 9.50 Å². The summed E-state index contributed by atoms with van der Waals surface area (Å²) in [6.45, 7) is 0.628. The maximum Gasteiger partial charge on any atom is 0.0967 e. The highest BCUT2D eigenvalue weighted by Crippen LogP contribution is 2.35. The molecule has 1 unspecified atom stereocenters. The first-order chi connectivity index (χ1) is 7.79. The summed E-state index contributed by atoms with van der Waals surface area (Å²) in [5.41, 5.74) is 5.79. The molecule has 2 aromatic rings. The molecule has 2 aromatic heterocycles. The molecule has 0 bridgehead atoms. The Morgan fingerprint density at radius 2 is 2.31 bits per heavy atom. The van der Waals surface area contributed by atoms with E-state index in [2.05, 4.69) is 38.4 Å². The van der Waals surface area contributed by atoms with Crippen molar-refractivity contribution < 1.29 is 0 Å². The van der Waals surface area contributed by atoms with Gasteiger partial charge in [0, 0.05) is 22.1 Å². The predicted octanol–water partition coefficient (Wildman–Crippen LogP) is 3.70. The highest BCUT2D eigenvalue weighted by atomic mass is 79.9. The Hall–Kier alpha value is -0.360. The van der Waals surface area contributed by atoms with E-state index in [0.29, 0.717) is 11.8 Å². The van der Waals surface area contributed by atoms with Gasteiger partial charge in [0.2, 0.25) is 0 Å². The maximum absolute atomic E-state index is 5.79. The van der Waals surface area contributed by atoms with E-state index in [4.69, 9.17) is 5.73 Å². The normalized spacial score (nSPS) is 12.6. The lowest BCUT2D eigenvalue weighted by Crippen LogP contribution is -2.08. The third kappa shape index (κ3) is 3.07. The molecule has 2 N–H and O–H groups in total. The number of pyridine rings is 1. The molecule has 0 amide bonds. The van der Waals surface area contributed by atoms with E-state index >= 15 is 0 Å². The standard InChI is InChI=1S/C11H11BrN2S2/c12-8-3-4-11(14-7-8)16-10(6-13)9-2-1-5-15-9/h1-5,7,10H,6,13H2.